The van der Waals surface area contributed by atoms with E-state index in [1.165, 1.54) is 0 Å². The lowest BCUT2D eigenvalue weighted by Crippen LogP contribution is -2.14. The molecule has 0 fully saturated rings. The number of oxime groups is 1. The maximum absolute atomic E-state index is 8.66. The van der Waals surface area contributed by atoms with Crippen LogP contribution in [0, 0.1) is 0 Å². The quantitative estimate of drug-likeness (QED) is 0.381. The molecule has 21 heavy (non-hydrogen) atoms. The number of rotatable bonds is 5. The molecule has 0 amide bonds. The van der Waals surface area contributed by atoms with E-state index in [9.17, 15) is 0 Å². The van der Waals surface area contributed by atoms with Gasteiger partial charge in [0.25, 0.3) is 0 Å². The van der Waals surface area contributed by atoms with Gasteiger partial charge in [-0.25, -0.2) is 9.97 Å². The third-order valence-corrected chi connectivity index (χ3v) is 3.22. The zero-order valence-electron chi connectivity index (χ0n) is 12.2. The molecule has 1 aromatic heterocycles. The highest BCUT2D eigenvalue weighted by Gasteiger charge is 2.07. The first-order valence-electron chi connectivity index (χ1n) is 6.78. The van der Waals surface area contributed by atoms with Gasteiger partial charge in [0.1, 0.15) is 12.1 Å². The number of amidine groups is 1. The first-order chi connectivity index (χ1) is 10.2. The van der Waals surface area contributed by atoms with Crippen LogP contribution in [0.25, 0.3) is 0 Å². The van der Waals surface area contributed by atoms with Crippen LogP contribution in [0.5, 0.6) is 0 Å². The molecule has 6 heteroatoms. The monoisotopic (exact) mass is 285 g/mol. The van der Waals surface area contributed by atoms with Crippen molar-refractivity contribution in [2.45, 2.75) is 19.8 Å². The summed E-state index contributed by atoms with van der Waals surface area (Å²) in [5.41, 5.74) is 8.21. The first-order valence-corrected chi connectivity index (χ1v) is 6.78. The highest BCUT2D eigenvalue weighted by molar-refractivity contribution is 5.97. The van der Waals surface area contributed by atoms with Gasteiger partial charge in [-0.3, -0.25) is 0 Å². The third-order valence-electron chi connectivity index (χ3n) is 3.22. The molecule has 0 aliphatic carbocycles. The fraction of sp³-hybridized carbons (Fsp3) is 0.267. The van der Waals surface area contributed by atoms with Gasteiger partial charge in [-0.15, -0.1) is 0 Å². The molecule has 6 nitrogen and oxygen atoms in total. The molecule has 0 saturated heterocycles. The molecule has 3 N–H and O–H groups in total. The zero-order valence-corrected chi connectivity index (χ0v) is 12.2. The highest BCUT2D eigenvalue weighted by atomic mass is 16.4. The van der Waals surface area contributed by atoms with E-state index in [0.717, 1.165) is 30.0 Å². The molecule has 0 spiro atoms. The molecule has 0 atom stereocenters. The van der Waals surface area contributed by atoms with Gasteiger partial charge in [0.05, 0.1) is 0 Å². The summed E-state index contributed by atoms with van der Waals surface area (Å²) in [5, 5.41) is 11.6. The molecule has 0 aliphatic rings. The van der Waals surface area contributed by atoms with Gasteiger partial charge < -0.3 is 15.8 Å². The summed E-state index contributed by atoms with van der Waals surface area (Å²) in [4.78, 5) is 10.5. The largest absolute Gasteiger partial charge is 0.409 e. The van der Waals surface area contributed by atoms with E-state index in [1.807, 2.05) is 30.1 Å². The average Bonchev–Trinajstić information content (AvgIpc) is 2.54. The minimum absolute atomic E-state index is 0.0940. The Labute approximate surface area is 123 Å². The molecule has 0 radical (unpaired) electrons. The van der Waals surface area contributed by atoms with Crippen molar-refractivity contribution in [1.82, 2.24) is 9.97 Å². The lowest BCUT2D eigenvalue weighted by atomic mass is 10.2. The molecule has 1 aromatic carbocycles. The Bertz CT molecular complexity index is 624. The Morgan fingerprint density at radius 1 is 1.29 bits per heavy atom. The van der Waals surface area contributed by atoms with Crippen LogP contribution >= 0.6 is 0 Å². The molecule has 0 unspecified atom stereocenters. The zero-order chi connectivity index (χ0) is 15.2. The summed E-state index contributed by atoms with van der Waals surface area (Å²) in [7, 11) is 1.94. The third kappa shape index (κ3) is 3.47. The summed E-state index contributed by atoms with van der Waals surface area (Å²) in [6.45, 7) is 2.12. The number of aryl methyl sites for hydroxylation is 1. The highest BCUT2D eigenvalue weighted by Crippen LogP contribution is 2.22. The number of anilines is 2. The van der Waals surface area contributed by atoms with E-state index in [4.69, 9.17) is 10.9 Å². The Kier molecular flexibility index (Phi) is 4.71. The molecule has 0 bridgehead atoms. The van der Waals surface area contributed by atoms with Gasteiger partial charge in [-0.05, 0) is 30.7 Å². The minimum Gasteiger partial charge on any atom is -0.409 e. The van der Waals surface area contributed by atoms with Crippen molar-refractivity contribution >= 4 is 17.3 Å². The second kappa shape index (κ2) is 6.69. The average molecular weight is 285 g/mol. The molecule has 110 valence electrons. The Hall–Kier alpha value is -2.63. The van der Waals surface area contributed by atoms with Crippen LogP contribution in [-0.4, -0.2) is 28.1 Å². The van der Waals surface area contributed by atoms with Crippen molar-refractivity contribution in [2.24, 2.45) is 10.9 Å². The van der Waals surface area contributed by atoms with Crippen LogP contribution in [0.4, 0.5) is 11.5 Å². The molecule has 2 rings (SSSR count). The van der Waals surface area contributed by atoms with Crippen LogP contribution in [0.1, 0.15) is 24.6 Å². The molecular formula is C15H19N5O. The molecule has 2 aromatic rings. The van der Waals surface area contributed by atoms with Crippen LogP contribution in [0.15, 0.2) is 41.8 Å². The second-order valence-corrected chi connectivity index (χ2v) is 4.71. The van der Waals surface area contributed by atoms with Gasteiger partial charge in [0, 0.05) is 30.1 Å². The van der Waals surface area contributed by atoms with Crippen molar-refractivity contribution in [1.29, 1.82) is 0 Å². The van der Waals surface area contributed by atoms with Crippen LogP contribution in [0.3, 0.4) is 0 Å². The maximum atomic E-state index is 8.66. The standard InChI is InChI=1S/C15H19N5O/c1-3-4-12-9-14(18-10-17-12)20(2)13-7-5-11(6-8-13)15(16)19-21/h5-10,21H,3-4H2,1-2H3,(H2,16,19). The van der Waals surface area contributed by atoms with Gasteiger partial charge in [-0.2, -0.15) is 0 Å². The van der Waals surface area contributed by atoms with Gasteiger partial charge in [0.2, 0.25) is 0 Å². The van der Waals surface area contributed by atoms with E-state index in [2.05, 4.69) is 22.0 Å². The van der Waals surface area contributed by atoms with Crippen molar-refractivity contribution in [3.63, 3.8) is 0 Å². The molecule has 0 aliphatic heterocycles. The van der Waals surface area contributed by atoms with E-state index >= 15 is 0 Å². The topological polar surface area (TPSA) is 87.6 Å². The Balaban J connectivity index is 2.23. The number of aromatic nitrogens is 2. The Morgan fingerprint density at radius 3 is 2.62 bits per heavy atom. The minimum atomic E-state index is 0.0940. The van der Waals surface area contributed by atoms with E-state index in [-0.39, 0.29) is 5.84 Å². The molecule has 0 saturated carbocycles. The van der Waals surface area contributed by atoms with Crippen LogP contribution in [0.2, 0.25) is 0 Å². The van der Waals surface area contributed by atoms with Crippen molar-refractivity contribution in [3.8, 4) is 0 Å². The van der Waals surface area contributed by atoms with Gasteiger partial charge in [-0.1, -0.05) is 18.5 Å². The number of benzene rings is 1. The predicted octanol–water partition coefficient (Wildman–Crippen LogP) is 2.29. The lowest BCUT2D eigenvalue weighted by molar-refractivity contribution is 0.318. The smallest absolute Gasteiger partial charge is 0.170 e. The van der Waals surface area contributed by atoms with E-state index in [1.54, 1.807) is 18.5 Å². The number of hydrogen-bond donors (Lipinski definition) is 2. The van der Waals surface area contributed by atoms with Crippen molar-refractivity contribution in [2.75, 3.05) is 11.9 Å². The summed E-state index contributed by atoms with van der Waals surface area (Å²) in [6, 6.07) is 9.38. The maximum Gasteiger partial charge on any atom is 0.170 e. The fourth-order valence-corrected chi connectivity index (χ4v) is 2.01. The van der Waals surface area contributed by atoms with Crippen molar-refractivity contribution < 1.29 is 5.21 Å². The van der Waals surface area contributed by atoms with Crippen LogP contribution < -0.4 is 10.6 Å². The van der Waals surface area contributed by atoms with E-state index < -0.39 is 0 Å². The summed E-state index contributed by atoms with van der Waals surface area (Å²) < 4.78 is 0. The SMILES string of the molecule is CCCc1cc(N(C)c2ccc(C(N)=NO)cc2)ncn1. The number of nitrogens with zero attached hydrogens (tertiary/aromatic N) is 4. The summed E-state index contributed by atoms with van der Waals surface area (Å²) >= 11 is 0. The first kappa shape index (κ1) is 14.8. The fourth-order valence-electron chi connectivity index (χ4n) is 2.01. The molecular weight excluding hydrogens is 266 g/mol. The predicted molar refractivity (Wildman–Crippen MR) is 83.0 cm³/mol. The second-order valence-electron chi connectivity index (χ2n) is 4.71. The van der Waals surface area contributed by atoms with Crippen LogP contribution in [-0.2, 0) is 6.42 Å². The summed E-state index contributed by atoms with van der Waals surface area (Å²) in [6.07, 6.45) is 3.57. The normalized spacial score (nSPS) is 11.4. The Morgan fingerprint density at radius 2 is 2.00 bits per heavy atom. The lowest BCUT2D eigenvalue weighted by Gasteiger charge is -2.19. The van der Waals surface area contributed by atoms with E-state index in [0.29, 0.717) is 5.56 Å². The molecule has 1 heterocycles. The van der Waals surface area contributed by atoms with Gasteiger partial charge in [0.15, 0.2) is 5.84 Å². The van der Waals surface area contributed by atoms with Crippen molar-refractivity contribution in [3.05, 3.63) is 47.9 Å². The summed E-state index contributed by atoms with van der Waals surface area (Å²) in [5.74, 6) is 0.932. The number of hydrogen-bond acceptors (Lipinski definition) is 5. The number of nitrogens with two attached hydrogens (primary N) is 1. The van der Waals surface area contributed by atoms with Gasteiger partial charge >= 0.3 is 0 Å².